The molecule has 2 amide bonds. The summed E-state index contributed by atoms with van der Waals surface area (Å²) in [6.07, 6.45) is 1.53. The van der Waals surface area contributed by atoms with Crippen LogP contribution >= 0.6 is 11.3 Å². The Balaban J connectivity index is 1.66. The fraction of sp³-hybridized carbons (Fsp3) is 0.409. The van der Waals surface area contributed by atoms with Crippen molar-refractivity contribution in [2.75, 3.05) is 19.6 Å². The van der Waals surface area contributed by atoms with Gasteiger partial charge < -0.3 is 9.80 Å². The highest BCUT2D eigenvalue weighted by Crippen LogP contribution is 2.32. The number of carbonyl (C=O) groups is 2. The van der Waals surface area contributed by atoms with E-state index < -0.39 is 6.04 Å². The summed E-state index contributed by atoms with van der Waals surface area (Å²) in [6, 6.07) is 7.60. The molecule has 0 aliphatic carbocycles. The number of amides is 2. The van der Waals surface area contributed by atoms with Crippen LogP contribution in [-0.2, 0) is 4.79 Å². The van der Waals surface area contributed by atoms with Crippen molar-refractivity contribution >= 4 is 33.4 Å². The highest BCUT2D eigenvalue weighted by molar-refractivity contribution is 7.20. The Morgan fingerprint density at radius 2 is 1.93 bits per heavy atom. The van der Waals surface area contributed by atoms with E-state index in [0.29, 0.717) is 30.9 Å². The maximum absolute atomic E-state index is 13.3. The number of likely N-dealkylation sites (N-methyl/N-ethyl adjacent to an activating group) is 1. The normalized spacial score (nSPS) is 16.4. The molecule has 3 aromatic rings. The second kappa shape index (κ2) is 8.18. The SMILES string of the molecule is CCN(CC)C(=O)C1CCCN1C(=O)c1cc2c(C)nn(-c3ccc(F)cc3)c2s1. The lowest BCUT2D eigenvalue weighted by Crippen LogP contribution is -2.47. The number of fused-ring (bicyclic) bond motifs is 1. The van der Waals surface area contributed by atoms with Crippen LogP contribution in [0.1, 0.15) is 42.1 Å². The van der Waals surface area contributed by atoms with E-state index in [2.05, 4.69) is 5.10 Å². The van der Waals surface area contributed by atoms with Gasteiger partial charge in [-0.25, -0.2) is 9.07 Å². The molecule has 0 saturated carbocycles. The zero-order valence-corrected chi connectivity index (χ0v) is 18.2. The minimum Gasteiger partial charge on any atom is -0.341 e. The number of benzene rings is 1. The summed E-state index contributed by atoms with van der Waals surface area (Å²) in [5.41, 5.74) is 1.55. The standard InChI is InChI=1S/C22H25FN4O2S/c1-4-25(5-2)20(28)18-7-6-12-26(18)21(29)19-13-17-14(3)24-27(22(17)30-19)16-10-8-15(23)9-11-16/h8-11,13,18H,4-7,12H2,1-3H3. The molecule has 30 heavy (non-hydrogen) atoms. The lowest BCUT2D eigenvalue weighted by molar-refractivity contribution is -0.134. The fourth-order valence-corrected chi connectivity index (χ4v) is 5.20. The van der Waals surface area contributed by atoms with Gasteiger partial charge in [-0.2, -0.15) is 5.10 Å². The number of rotatable bonds is 5. The van der Waals surface area contributed by atoms with E-state index in [0.717, 1.165) is 28.0 Å². The molecule has 1 aliphatic rings. The number of hydrogen-bond acceptors (Lipinski definition) is 4. The second-order valence-electron chi connectivity index (χ2n) is 7.47. The first-order valence-electron chi connectivity index (χ1n) is 10.3. The van der Waals surface area contributed by atoms with Crippen LogP contribution in [-0.4, -0.2) is 57.1 Å². The summed E-state index contributed by atoms with van der Waals surface area (Å²) >= 11 is 1.36. The third-order valence-corrected chi connectivity index (χ3v) is 6.80. The van der Waals surface area contributed by atoms with Crippen LogP contribution in [0.15, 0.2) is 30.3 Å². The fourth-order valence-electron chi connectivity index (χ4n) is 4.06. The first-order chi connectivity index (χ1) is 14.4. The quantitative estimate of drug-likeness (QED) is 0.617. The van der Waals surface area contributed by atoms with E-state index in [1.807, 2.05) is 26.8 Å². The topological polar surface area (TPSA) is 58.4 Å². The maximum Gasteiger partial charge on any atom is 0.264 e. The minimum atomic E-state index is -0.391. The van der Waals surface area contributed by atoms with Crippen molar-refractivity contribution < 1.29 is 14.0 Å². The third kappa shape index (κ3) is 3.49. The Morgan fingerprint density at radius 3 is 2.60 bits per heavy atom. The zero-order chi connectivity index (χ0) is 21.4. The molecule has 3 heterocycles. The first kappa shape index (κ1) is 20.5. The number of nitrogens with zero attached hydrogens (tertiary/aromatic N) is 4. The predicted octanol–water partition coefficient (Wildman–Crippen LogP) is 4.01. The number of aromatic nitrogens is 2. The largest absolute Gasteiger partial charge is 0.341 e. The molecule has 0 spiro atoms. The molecule has 1 atom stereocenters. The van der Waals surface area contributed by atoms with Crippen LogP contribution < -0.4 is 0 Å². The molecule has 6 nitrogen and oxygen atoms in total. The van der Waals surface area contributed by atoms with Crippen LogP contribution in [0.2, 0.25) is 0 Å². The second-order valence-corrected chi connectivity index (χ2v) is 8.50. The van der Waals surface area contributed by atoms with Crippen LogP contribution in [0.4, 0.5) is 4.39 Å². The summed E-state index contributed by atoms with van der Waals surface area (Å²) in [5, 5.41) is 5.46. The van der Waals surface area contributed by atoms with E-state index >= 15 is 0 Å². The molecule has 0 N–H and O–H groups in total. The molecule has 0 radical (unpaired) electrons. The zero-order valence-electron chi connectivity index (χ0n) is 17.4. The van der Waals surface area contributed by atoms with Crippen molar-refractivity contribution in [2.24, 2.45) is 0 Å². The summed E-state index contributed by atoms with van der Waals surface area (Å²) in [4.78, 5) is 31.2. The van der Waals surface area contributed by atoms with Crippen molar-refractivity contribution in [1.29, 1.82) is 0 Å². The first-order valence-corrected chi connectivity index (χ1v) is 11.1. The highest BCUT2D eigenvalue weighted by Gasteiger charge is 2.37. The number of halogens is 1. The van der Waals surface area contributed by atoms with Gasteiger partial charge in [0.2, 0.25) is 5.91 Å². The minimum absolute atomic E-state index is 0.0284. The Bertz CT molecular complexity index is 1080. The summed E-state index contributed by atoms with van der Waals surface area (Å²) < 4.78 is 15.1. The highest BCUT2D eigenvalue weighted by atomic mass is 32.1. The van der Waals surface area contributed by atoms with Gasteiger partial charge in [0.1, 0.15) is 16.7 Å². The monoisotopic (exact) mass is 428 g/mol. The summed E-state index contributed by atoms with van der Waals surface area (Å²) in [7, 11) is 0. The molecule has 1 fully saturated rings. The summed E-state index contributed by atoms with van der Waals surface area (Å²) in [5.74, 6) is -0.385. The van der Waals surface area contributed by atoms with Gasteiger partial charge in [-0.3, -0.25) is 9.59 Å². The number of thiophene rings is 1. The van der Waals surface area contributed by atoms with Gasteiger partial charge >= 0.3 is 0 Å². The smallest absolute Gasteiger partial charge is 0.264 e. The van der Waals surface area contributed by atoms with Crippen LogP contribution in [0.25, 0.3) is 15.9 Å². The van der Waals surface area contributed by atoms with Gasteiger partial charge in [-0.1, -0.05) is 0 Å². The molecule has 0 bridgehead atoms. The van der Waals surface area contributed by atoms with Gasteiger partial charge in [0, 0.05) is 25.0 Å². The Labute approximate surface area is 178 Å². The Morgan fingerprint density at radius 1 is 1.23 bits per heavy atom. The lowest BCUT2D eigenvalue weighted by atomic mass is 10.2. The average Bonchev–Trinajstić information content (AvgIpc) is 3.46. The number of hydrogen-bond donors (Lipinski definition) is 0. The van der Waals surface area contributed by atoms with E-state index in [4.69, 9.17) is 0 Å². The molecule has 4 rings (SSSR count). The third-order valence-electron chi connectivity index (χ3n) is 5.70. The number of aryl methyl sites for hydroxylation is 1. The van der Waals surface area contributed by atoms with E-state index in [-0.39, 0.29) is 17.6 Å². The van der Waals surface area contributed by atoms with E-state index in [1.54, 1.807) is 26.6 Å². The Kier molecular flexibility index (Phi) is 5.60. The lowest BCUT2D eigenvalue weighted by Gasteiger charge is -2.28. The average molecular weight is 429 g/mol. The predicted molar refractivity (Wildman–Crippen MR) is 116 cm³/mol. The van der Waals surface area contributed by atoms with Gasteiger partial charge in [-0.15, -0.1) is 11.3 Å². The van der Waals surface area contributed by atoms with E-state index in [1.165, 1.54) is 23.5 Å². The molecule has 2 aromatic heterocycles. The van der Waals surface area contributed by atoms with Gasteiger partial charge in [-0.05, 0) is 63.9 Å². The van der Waals surface area contributed by atoms with E-state index in [9.17, 15) is 14.0 Å². The molecule has 158 valence electrons. The van der Waals surface area contributed by atoms with Gasteiger partial charge in [0.15, 0.2) is 0 Å². The molecule has 1 saturated heterocycles. The number of likely N-dealkylation sites (tertiary alicyclic amines) is 1. The molecular weight excluding hydrogens is 403 g/mol. The Hall–Kier alpha value is -2.74. The molecule has 1 aliphatic heterocycles. The molecule has 8 heteroatoms. The van der Waals surface area contributed by atoms with Crippen molar-refractivity contribution in [3.8, 4) is 5.69 Å². The van der Waals surface area contributed by atoms with Crippen molar-refractivity contribution in [3.05, 3.63) is 46.7 Å². The van der Waals surface area contributed by atoms with Gasteiger partial charge in [0.05, 0.1) is 16.3 Å². The molecule has 1 aromatic carbocycles. The van der Waals surface area contributed by atoms with Crippen molar-refractivity contribution in [3.63, 3.8) is 0 Å². The van der Waals surface area contributed by atoms with Crippen molar-refractivity contribution in [2.45, 2.75) is 39.7 Å². The van der Waals surface area contributed by atoms with Crippen LogP contribution in [0.5, 0.6) is 0 Å². The summed E-state index contributed by atoms with van der Waals surface area (Å²) in [6.45, 7) is 7.68. The maximum atomic E-state index is 13.3. The van der Waals surface area contributed by atoms with Crippen LogP contribution in [0.3, 0.4) is 0 Å². The van der Waals surface area contributed by atoms with Crippen molar-refractivity contribution in [1.82, 2.24) is 19.6 Å². The molecule has 1 unspecified atom stereocenters. The number of carbonyl (C=O) groups excluding carboxylic acids is 2. The molecular formula is C22H25FN4O2S. The van der Waals surface area contributed by atoms with Crippen LogP contribution in [0, 0.1) is 12.7 Å². The van der Waals surface area contributed by atoms with Gasteiger partial charge in [0.25, 0.3) is 5.91 Å².